The molecular formula is C18H21N9O3. The highest BCUT2D eigenvalue weighted by molar-refractivity contribution is 5.88. The smallest absolute Gasteiger partial charge is 0.407 e. The van der Waals surface area contributed by atoms with Crippen molar-refractivity contribution in [3.05, 3.63) is 18.7 Å². The van der Waals surface area contributed by atoms with E-state index >= 15 is 0 Å². The van der Waals surface area contributed by atoms with Gasteiger partial charge in [-0.25, -0.2) is 24.7 Å². The number of morpholine rings is 1. The fraction of sp³-hybridized carbons (Fsp3) is 0.444. The van der Waals surface area contributed by atoms with Crippen LogP contribution in [0, 0.1) is 0 Å². The number of aromatic nitrogens is 6. The number of likely N-dealkylation sites (tertiary alicyclic amines) is 1. The number of amides is 1. The Labute approximate surface area is 171 Å². The number of carboxylic acid groups (broad SMARTS) is 1. The van der Waals surface area contributed by atoms with E-state index < -0.39 is 6.09 Å². The number of hydrogen-bond acceptors (Lipinski definition) is 9. The SMILES string of the molecule is Nc1ncc(-c2nc(N3CCOCC3)nc3c2ncn3C2CCN(C(=O)O)C2)cn1. The number of rotatable bonds is 3. The molecule has 0 spiro atoms. The third-order valence-electron chi connectivity index (χ3n) is 5.48. The van der Waals surface area contributed by atoms with Gasteiger partial charge in [0.05, 0.1) is 25.6 Å². The van der Waals surface area contributed by atoms with Crippen molar-refractivity contribution in [1.82, 2.24) is 34.4 Å². The number of ether oxygens (including phenoxy) is 1. The molecule has 0 saturated carbocycles. The van der Waals surface area contributed by atoms with Crippen LogP contribution in [-0.2, 0) is 4.74 Å². The number of nitrogens with two attached hydrogens (primary N) is 1. The maximum atomic E-state index is 11.3. The van der Waals surface area contributed by atoms with Crippen molar-refractivity contribution in [3.63, 3.8) is 0 Å². The van der Waals surface area contributed by atoms with Crippen molar-refractivity contribution < 1.29 is 14.6 Å². The van der Waals surface area contributed by atoms with Gasteiger partial charge in [-0.15, -0.1) is 0 Å². The molecule has 1 amide bonds. The molecule has 0 bridgehead atoms. The maximum absolute atomic E-state index is 11.3. The third kappa shape index (κ3) is 3.24. The largest absolute Gasteiger partial charge is 0.465 e. The lowest BCUT2D eigenvalue weighted by Gasteiger charge is -2.27. The molecule has 1 unspecified atom stereocenters. The van der Waals surface area contributed by atoms with Gasteiger partial charge in [0.25, 0.3) is 0 Å². The molecule has 0 radical (unpaired) electrons. The van der Waals surface area contributed by atoms with Crippen LogP contribution in [0.25, 0.3) is 22.4 Å². The Balaban J connectivity index is 1.62. The molecular weight excluding hydrogens is 390 g/mol. The molecule has 0 aromatic carbocycles. The fourth-order valence-electron chi connectivity index (χ4n) is 3.88. The topological polar surface area (TPSA) is 148 Å². The van der Waals surface area contributed by atoms with Crippen molar-refractivity contribution in [1.29, 1.82) is 0 Å². The van der Waals surface area contributed by atoms with E-state index in [1.54, 1.807) is 18.7 Å². The van der Waals surface area contributed by atoms with Gasteiger partial charge in [-0.2, -0.15) is 4.98 Å². The Hall–Kier alpha value is -3.54. The third-order valence-corrected chi connectivity index (χ3v) is 5.48. The summed E-state index contributed by atoms with van der Waals surface area (Å²) >= 11 is 0. The number of carbonyl (C=O) groups is 1. The van der Waals surface area contributed by atoms with Gasteiger partial charge >= 0.3 is 6.09 Å². The Morgan fingerprint density at radius 2 is 1.90 bits per heavy atom. The minimum Gasteiger partial charge on any atom is -0.465 e. The molecule has 1 atom stereocenters. The first-order valence-corrected chi connectivity index (χ1v) is 9.73. The summed E-state index contributed by atoms with van der Waals surface area (Å²) in [7, 11) is 0. The summed E-state index contributed by atoms with van der Waals surface area (Å²) in [6.45, 7) is 3.48. The van der Waals surface area contributed by atoms with E-state index in [0.29, 0.717) is 74.2 Å². The molecule has 3 N–H and O–H groups in total. The first-order chi connectivity index (χ1) is 14.6. The summed E-state index contributed by atoms with van der Waals surface area (Å²) in [4.78, 5) is 37.1. The molecule has 30 heavy (non-hydrogen) atoms. The van der Waals surface area contributed by atoms with Crippen LogP contribution in [-0.4, -0.2) is 85.0 Å². The van der Waals surface area contributed by atoms with Gasteiger partial charge in [-0.05, 0) is 6.42 Å². The van der Waals surface area contributed by atoms with E-state index in [9.17, 15) is 9.90 Å². The van der Waals surface area contributed by atoms with Gasteiger partial charge in [0.1, 0.15) is 11.2 Å². The highest BCUT2D eigenvalue weighted by atomic mass is 16.5. The lowest BCUT2D eigenvalue weighted by molar-refractivity contribution is 0.122. The van der Waals surface area contributed by atoms with Crippen molar-refractivity contribution in [2.45, 2.75) is 12.5 Å². The average Bonchev–Trinajstić information content (AvgIpc) is 3.41. The van der Waals surface area contributed by atoms with Gasteiger partial charge in [0.15, 0.2) is 5.65 Å². The molecule has 3 aromatic rings. The summed E-state index contributed by atoms with van der Waals surface area (Å²) in [5.74, 6) is 0.759. The van der Waals surface area contributed by atoms with Crippen LogP contribution in [0.4, 0.5) is 16.7 Å². The van der Waals surface area contributed by atoms with Gasteiger partial charge in [0.2, 0.25) is 11.9 Å². The van der Waals surface area contributed by atoms with E-state index in [1.807, 2.05) is 4.57 Å². The van der Waals surface area contributed by atoms with Crippen LogP contribution in [0.1, 0.15) is 12.5 Å². The Morgan fingerprint density at radius 3 is 2.60 bits per heavy atom. The highest BCUT2D eigenvalue weighted by Crippen LogP contribution is 2.31. The molecule has 12 nitrogen and oxygen atoms in total. The van der Waals surface area contributed by atoms with E-state index in [-0.39, 0.29) is 12.0 Å². The lowest BCUT2D eigenvalue weighted by Crippen LogP contribution is -2.37. The molecule has 2 aliphatic heterocycles. The lowest BCUT2D eigenvalue weighted by atomic mass is 10.2. The second-order valence-electron chi connectivity index (χ2n) is 7.30. The Kier molecular flexibility index (Phi) is 4.54. The van der Waals surface area contributed by atoms with Crippen molar-refractivity contribution >= 4 is 29.2 Å². The van der Waals surface area contributed by atoms with E-state index in [1.165, 1.54) is 4.90 Å². The van der Waals surface area contributed by atoms with Crippen molar-refractivity contribution in [2.24, 2.45) is 0 Å². The summed E-state index contributed by atoms with van der Waals surface area (Å²) in [5.41, 5.74) is 8.23. The number of fused-ring (bicyclic) bond motifs is 1. The summed E-state index contributed by atoms with van der Waals surface area (Å²) in [6, 6.07) is -0.0333. The molecule has 12 heteroatoms. The van der Waals surface area contributed by atoms with E-state index in [4.69, 9.17) is 20.4 Å². The molecule has 156 valence electrons. The molecule has 2 aliphatic rings. The van der Waals surface area contributed by atoms with Gasteiger partial charge < -0.3 is 29.9 Å². The highest BCUT2D eigenvalue weighted by Gasteiger charge is 2.29. The molecule has 2 saturated heterocycles. The average molecular weight is 411 g/mol. The van der Waals surface area contributed by atoms with Crippen LogP contribution >= 0.6 is 0 Å². The summed E-state index contributed by atoms with van der Waals surface area (Å²) < 4.78 is 7.40. The maximum Gasteiger partial charge on any atom is 0.407 e. The summed E-state index contributed by atoms with van der Waals surface area (Å²) in [6.07, 6.45) is 4.74. The van der Waals surface area contributed by atoms with Gasteiger partial charge in [-0.3, -0.25) is 0 Å². The van der Waals surface area contributed by atoms with Crippen molar-refractivity contribution in [2.75, 3.05) is 50.0 Å². The molecule has 2 fully saturated rings. The monoisotopic (exact) mass is 411 g/mol. The van der Waals surface area contributed by atoms with E-state index in [2.05, 4.69) is 19.9 Å². The minimum atomic E-state index is -0.912. The zero-order chi connectivity index (χ0) is 20.7. The van der Waals surface area contributed by atoms with E-state index in [0.717, 1.165) is 0 Å². The number of nitrogens with zero attached hydrogens (tertiary/aromatic N) is 8. The first kappa shape index (κ1) is 18.5. The molecule has 5 rings (SSSR count). The number of nitrogen functional groups attached to an aromatic ring is 1. The fourth-order valence-corrected chi connectivity index (χ4v) is 3.88. The second kappa shape index (κ2) is 7.37. The van der Waals surface area contributed by atoms with Crippen LogP contribution in [0.5, 0.6) is 0 Å². The Morgan fingerprint density at radius 1 is 1.13 bits per heavy atom. The van der Waals surface area contributed by atoms with Crippen LogP contribution < -0.4 is 10.6 Å². The molecule has 3 aromatic heterocycles. The van der Waals surface area contributed by atoms with Crippen LogP contribution in [0.3, 0.4) is 0 Å². The normalized spacial score (nSPS) is 19.5. The second-order valence-corrected chi connectivity index (χ2v) is 7.30. The van der Waals surface area contributed by atoms with Crippen LogP contribution in [0.2, 0.25) is 0 Å². The number of anilines is 2. The predicted molar refractivity (Wildman–Crippen MR) is 107 cm³/mol. The zero-order valence-electron chi connectivity index (χ0n) is 16.2. The quantitative estimate of drug-likeness (QED) is 0.628. The van der Waals surface area contributed by atoms with Crippen LogP contribution in [0.15, 0.2) is 18.7 Å². The molecule has 5 heterocycles. The summed E-state index contributed by atoms with van der Waals surface area (Å²) in [5, 5.41) is 9.30. The van der Waals surface area contributed by atoms with Crippen molar-refractivity contribution in [3.8, 4) is 11.3 Å². The predicted octanol–water partition coefficient (Wildman–Crippen LogP) is 0.627. The van der Waals surface area contributed by atoms with Gasteiger partial charge in [-0.1, -0.05) is 0 Å². The molecule has 0 aliphatic carbocycles. The first-order valence-electron chi connectivity index (χ1n) is 9.73. The Bertz CT molecular complexity index is 1080. The van der Waals surface area contributed by atoms with Gasteiger partial charge in [0, 0.05) is 44.1 Å². The number of hydrogen-bond donors (Lipinski definition) is 2. The minimum absolute atomic E-state index is 0.0333. The number of imidazole rings is 1. The zero-order valence-corrected chi connectivity index (χ0v) is 16.2. The standard InChI is InChI=1S/C18H21N9O3/c19-16-20-7-11(8-21-16)13-14-15(24-17(23-13)25-3-5-30-6-4-25)27(10-22-14)12-1-2-26(9-12)18(28)29/h7-8,10,12H,1-6,9H2,(H,28,29)(H2,19,20,21).